The van der Waals surface area contributed by atoms with Crippen LogP contribution in [0.4, 0.5) is 10.1 Å². The van der Waals surface area contributed by atoms with Crippen LogP contribution >= 0.6 is 0 Å². The van der Waals surface area contributed by atoms with Crippen LogP contribution in [0.5, 0.6) is 0 Å². The van der Waals surface area contributed by atoms with E-state index < -0.39 is 0 Å². The second kappa shape index (κ2) is 8.31. The lowest BCUT2D eigenvalue weighted by Gasteiger charge is -2.32. The number of benzene rings is 2. The van der Waals surface area contributed by atoms with Crippen molar-refractivity contribution in [1.82, 2.24) is 10.2 Å². The zero-order valence-corrected chi connectivity index (χ0v) is 16.5. The Bertz CT molecular complexity index is 830. The Hall–Kier alpha value is -2.40. The molecule has 0 radical (unpaired) electrons. The molecular formula is C23H28FN3O. The van der Waals surface area contributed by atoms with E-state index in [4.69, 9.17) is 0 Å². The van der Waals surface area contributed by atoms with E-state index in [2.05, 4.69) is 40.4 Å². The number of halogens is 1. The minimum Gasteiger partial charge on any atom is -0.374 e. The summed E-state index contributed by atoms with van der Waals surface area (Å²) in [5.41, 5.74) is 4.50. The molecule has 1 saturated heterocycles. The Morgan fingerprint density at radius 3 is 2.57 bits per heavy atom. The van der Waals surface area contributed by atoms with Gasteiger partial charge in [-0.25, -0.2) is 4.39 Å². The maximum absolute atomic E-state index is 13.1. The highest BCUT2D eigenvalue weighted by Crippen LogP contribution is 2.31. The molecule has 4 rings (SSSR count). The van der Waals surface area contributed by atoms with Gasteiger partial charge in [-0.05, 0) is 80.2 Å². The first-order chi connectivity index (χ1) is 13.6. The summed E-state index contributed by atoms with van der Waals surface area (Å²) < 4.78 is 13.1. The van der Waals surface area contributed by atoms with Gasteiger partial charge in [0.05, 0.1) is 6.04 Å². The van der Waals surface area contributed by atoms with Gasteiger partial charge in [0, 0.05) is 31.4 Å². The Labute approximate surface area is 166 Å². The average molecular weight is 381 g/mol. The van der Waals surface area contributed by atoms with Gasteiger partial charge in [0.1, 0.15) is 5.82 Å². The summed E-state index contributed by atoms with van der Waals surface area (Å²) in [6.07, 6.45) is 4.71. The van der Waals surface area contributed by atoms with E-state index >= 15 is 0 Å². The molecular weight excluding hydrogens is 353 g/mol. The molecule has 0 saturated carbocycles. The molecule has 0 aromatic heterocycles. The third kappa shape index (κ3) is 4.04. The molecule has 2 heterocycles. The molecule has 28 heavy (non-hydrogen) atoms. The number of nitrogens with zero attached hydrogens (tertiary/aromatic N) is 2. The number of nitrogens with one attached hydrogen (secondary N) is 1. The van der Waals surface area contributed by atoms with Crippen LogP contribution in [0.25, 0.3) is 0 Å². The van der Waals surface area contributed by atoms with Crippen LogP contribution in [-0.2, 0) is 6.42 Å². The Kier molecular flexibility index (Phi) is 5.62. The number of hydrogen-bond donors (Lipinski definition) is 1. The van der Waals surface area contributed by atoms with Crippen LogP contribution < -0.4 is 10.2 Å². The molecule has 0 aliphatic carbocycles. The normalized spacial score (nSPS) is 18.0. The van der Waals surface area contributed by atoms with Crippen LogP contribution in [0.15, 0.2) is 42.5 Å². The number of anilines is 1. The van der Waals surface area contributed by atoms with Gasteiger partial charge in [0.15, 0.2) is 0 Å². The summed E-state index contributed by atoms with van der Waals surface area (Å²) in [5.74, 6) is -0.479. The van der Waals surface area contributed by atoms with Crippen LogP contribution in [-0.4, -0.2) is 44.0 Å². The number of carbonyl (C=O) groups excluding carboxylic acids is 1. The number of likely N-dealkylation sites (tertiary alicyclic amines) is 1. The van der Waals surface area contributed by atoms with E-state index in [9.17, 15) is 9.18 Å². The van der Waals surface area contributed by atoms with Crippen molar-refractivity contribution in [1.29, 1.82) is 0 Å². The summed E-state index contributed by atoms with van der Waals surface area (Å²) in [4.78, 5) is 17.3. The molecule has 2 aromatic rings. The quantitative estimate of drug-likeness (QED) is 0.856. The molecule has 5 heteroatoms. The summed E-state index contributed by atoms with van der Waals surface area (Å²) in [6.45, 7) is 3.79. The highest BCUT2D eigenvalue weighted by molar-refractivity contribution is 5.94. The number of fused-ring (bicyclic) bond motifs is 1. The third-order valence-electron chi connectivity index (χ3n) is 5.98. The molecule has 2 aliphatic heterocycles. The van der Waals surface area contributed by atoms with Crippen molar-refractivity contribution >= 4 is 11.6 Å². The molecule has 0 bridgehead atoms. The summed E-state index contributed by atoms with van der Waals surface area (Å²) in [6, 6.07) is 12.7. The van der Waals surface area contributed by atoms with E-state index in [0.717, 1.165) is 26.1 Å². The molecule has 1 fully saturated rings. The maximum atomic E-state index is 13.1. The van der Waals surface area contributed by atoms with Crippen molar-refractivity contribution in [3.05, 3.63) is 65.0 Å². The predicted octanol–water partition coefficient (Wildman–Crippen LogP) is 3.78. The smallest absolute Gasteiger partial charge is 0.251 e. The highest BCUT2D eigenvalue weighted by Gasteiger charge is 2.25. The number of aryl methyl sites for hydroxylation is 1. The second-order valence-corrected chi connectivity index (χ2v) is 7.89. The fraction of sp³-hybridized carbons (Fsp3) is 0.435. The standard InChI is InChI=1S/C23H28FN3O/c1-26-12-4-5-18-15-19(8-11-21(18)26)22(27-13-2-3-14-27)16-25-23(28)17-6-9-20(24)10-7-17/h6-11,15,22H,2-5,12-14,16H2,1H3,(H,25,28)/t22-/m0/s1. The maximum Gasteiger partial charge on any atom is 0.251 e. The van der Waals surface area contributed by atoms with Gasteiger partial charge in [0.2, 0.25) is 0 Å². The Morgan fingerprint density at radius 1 is 1.07 bits per heavy atom. The topological polar surface area (TPSA) is 35.6 Å². The number of rotatable bonds is 5. The van der Waals surface area contributed by atoms with Crippen molar-refractivity contribution in [2.45, 2.75) is 31.7 Å². The lowest BCUT2D eigenvalue weighted by molar-refractivity contribution is 0.0938. The van der Waals surface area contributed by atoms with Crippen LogP contribution in [0, 0.1) is 5.82 Å². The molecule has 2 aliphatic rings. The van der Waals surface area contributed by atoms with Crippen molar-refractivity contribution < 1.29 is 9.18 Å². The van der Waals surface area contributed by atoms with Gasteiger partial charge in [-0.2, -0.15) is 0 Å². The van der Waals surface area contributed by atoms with Crippen molar-refractivity contribution in [3.63, 3.8) is 0 Å². The van der Waals surface area contributed by atoms with Gasteiger partial charge in [-0.1, -0.05) is 12.1 Å². The van der Waals surface area contributed by atoms with E-state index in [1.807, 2.05) is 0 Å². The molecule has 1 amide bonds. The average Bonchev–Trinajstić information content (AvgIpc) is 3.23. The molecule has 4 nitrogen and oxygen atoms in total. The molecule has 2 aromatic carbocycles. The van der Waals surface area contributed by atoms with E-state index in [-0.39, 0.29) is 17.8 Å². The summed E-state index contributed by atoms with van der Waals surface area (Å²) >= 11 is 0. The molecule has 0 spiro atoms. The zero-order chi connectivity index (χ0) is 19.5. The first-order valence-electron chi connectivity index (χ1n) is 10.2. The molecule has 1 atom stereocenters. The van der Waals surface area contributed by atoms with Crippen molar-refractivity contribution in [2.75, 3.05) is 38.1 Å². The second-order valence-electron chi connectivity index (χ2n) is 7.89. The number of amides is 1. The number of carbonyl (C=O) groups is 1. The lowest BCUT2D eigenvalue weighted by Crippen LogP contribution is -2.37. The molecule has 0 unspecified atom stereocenters. The van der Waals surface area contributed by atoms with Gasteiger partial charge in [-0.15, -0.1) is 0 Å². The molecule has 148 valence electrons. The van der Waals surface area contributed by atoms with Crippen LogP contribution in [0.3, 0.4) is 0 Å². The Balaban J connectivity index is 1.52. The van der Waals surface area contributed by atoms with Crippen molar-refractivity contribution in [3.8, 4) is 0 Å². The van der Waals surface area contributed by atoms with Gasteiger partial charge < -0.3 is 10.2 Å². The predicted molar refractivity (Wildman–Crippen MR) is 110 cm³/mol. The monoisotopic (exact) mass is 381 g/mol. The Morgan fingerprint density at radius 2 is 1.82 bits per heavy atom. The SMILES string of the molecule is CN1CCCc2cc([C@H](CNC(=O)c3ccc(F)cc3)N3CCCC3)ccc21. The van der Waals surface area contributed by atoms with Gasteiger partial charge >= 0.3 is 0 Å². The first kappa shape index (κ1) is 18.9. The highest BCUT2D eigenvalue weighted by atomic mass is 19.1. The first-order valence-corrected chi connectivity index (χ1v) is 10.2. The van der Waals surface area contributed by atoms with E-state index in [1.165, 1.54) is 60.3 Å². The fourth-order valence-corrected chi connectivity index (χ4v) is 4.42. The minimum absolute atomic E-state index is 0.151. The van der Waals surface area contributed by atoms with Gasteiger partial charge in [0.25, 0.3) is 5.91 Å². The fourth-order valence-electron chi connectivity index (χ4n) is 4.42. The minimum atomic E-state index is -0.328. The van der Waals surface area contributed by atoms with Crippen molar-refractivity contribution in [2.24, 2.45) is 0 Å². The molecule has 1 N–H and O–H groups in total. The zero-order valence-electron chi connectivity index (χ0n) is 16.5. The lowest BCUT2D eigenvalue weighted by atomic mass is 9.96. The van der Waals surface area contributed by atoms with Crippen LogP contribution in [0.1, 0.15) is 46.8 Å². The van der Waals surface area contributed by atoms with Gasteiger partial charge in [-0.3, -0.25) is 9.69 Å². The van der Waals surface area contributed by atoms with E-state index in [1.54, 1.807) is 0 Å². The third-order valence-corrected chi connectivity index (χ3v) is 5.98. The number of hydrogen-bond acceptors (Lipinski definition) is 3. The summed E-state index contributed by atoms with van der Waals surface area (Å²) in [7, 11) is 2.15. The van der Waals surface area contributed by atoms with E-state index in [0.29, 0.717) is 12.1 Å². The van der Waals surface area contributed by atoms with Crippen LogP contribution in [0.2, 0.25) is 0 Å². The largest absolute Gasteiger partial charge is 0.374 e. The summed E-state index contributed by atoms with van der Waals surface area (Å²) in [5, 5.41) is 3.07.